The Morgan fingerprint density at radius 2 is 1.93 bits per heavy atom. The highest BCUT2D eigenvalue weighted by Crippen LogP contribution is 2.10. The molecule has 0 radical (unpaired) electrons. The van der Waals surface area contributed by atoms with Crippen molar-refractivity contribution in [2.45, 2.75) is 12.8 Å². The number of nitrogens with zero attached hydrogens (tertiary/aromatic N) is 1. The van der Waals surface area contributed by atoms with Crippen molar-refractivity contribution in [3.8, 4) is 0 Å². The summed E-state index contributed by atoms with van der Waals surface area (Å²) in [5.74, 6) is -0.182. The highest BCUT2D eigenvalue weighted by Gasteiger charge is 2.19. The first kappa shape index (κ1) is 9.65. The largest absolute Gasteiger partial charge is 0.272 e. The molecule has 1 aromatic rings. The van der Waals surface area contributed by atoms with Gasteiger partial charge in [0.2, 0.25) is 0 Å². The lowest BCUT2D eigenvalue weighted by atomic mass is 10.0. The average Bonchev–Trinajstić information content (AvgIpc) is 2.59. The second-order valence-corrected chi connectivity index (χ2v) is 3.46. The quantitative estimate of drug-likeness (QED) is 0.741. The molecule has 0 unspecified atom stereocenters. The molecule has 15 heavy (non-hydrogen) atoms. The van der Waals surface area contributed by atoms with Gasteiger partial charge in [0.1, 0.15) is 0 Å². The smallest absolute Gasteiger partial charge is 0.267 e. The second kappa shape index (κ2) is 4.09. The fourth-order valence-electron chi connectivity index (χ4n) is 1.50. The number of hydrazone groups is 1. The number of amides is 1. The Labute approximate surface area is 88.5 Å². The summed E-state index contributed by atoms with van der Waals surface area (Å²) in [5, 5.41) is 3.93. The molecule has 0 fully saturated rings. The molecule has 0 saturated carbocycles. The monoisotopic (exact) mass is 200 g/mol. The van der Waals surface area contributed by atoms with Crippen molar-refractivity contribution in [1.82, 2.24) is 5.43 Å². The van der Waals surface area contributed by atoms with Crippen molar-refractivity contribution in [1.29, 1.82) is 0 Å². The number of hydrogen-bond donors (Lipinski definition) is 1. The Morgan fingerprint density at radius 1 is 1.20 bits per heavy atom. The molecule has 1 aliphatic heterocycles. The summed E-state index contributed by atoms with van der Waals surface area (Å²) in [6.07, 6.45) is 1.63. The molecule has 0 aliphatic carbocycles. The lowest BCUT2D eigenvalue weighted by Crippen LogP contribution is -2.12. The van der Waals surface area contributed by atoms with Crippen LogP contribution in [0.15, 0.2) is 47.6 Å². The minimum absolute atomic E-state index is 0.182. The molecule has 1 aliphatic rings. The maximum Gasteiger partial charge on any atom is 0.272 e. The van der Waals surface area contributed by atoms with Gasteiger partial charge in [-0.15, -0.1) is 0 Å². The molecule has 1 N–H and O–H groups in total. The van der Waals surface area contributed by atoms with Crippen LogP contribution in [0.3, 0.4) is 0 Å². The Hall–Kier alpha value is -1.90. The van der Waals surface area contributed by atoms with Gasteiger partial charge in [0, 0.05) is 0 Å². The third-order valence-corrected chi connectivity index (χ3v) is 2.41. The fraction of sp³-hybridized carbons (Fsp3) is 0.167. The molecular weight excluding hydrogens is 188 g/mol. The van der Waals surface area contributed by atoms with Gasteiger partial charge in [-0.2, -0.15) is 5.10 Å². The molecule has 1 amide bonds. The van der Waals surface area contributed by atoms with E-state index in [0.717, 1.165) is 18.6 Å². The SMILES string of the molecule is C=C1C(=O)NN=C1CCc1ccccc1. The van der Waals surface area contributed by atoms with E-state index in [4.69, 9.17) is 0 Å². The van der Waals surface area contributed by atoms with Crippen LogP contribution in [0.4, 0.5) is 0 Å². The summed E-state index contributed by atoms with van der Waals surface area (Å²) in [7, 11) is 0. The van der Waals surface area contributed by atoms with E-state index in [0.29, 0.717) is 5.57 Å². The van der Waals surface area contributed by atoms with Crippen molar-refractivity contribution in [3.63, 3.8) is 0 Å². The molecule has 1 heterocycles. The topological polar surface area (TPSA) is 41.5 Å². The van der Waals surface area contributed by atoms with Gasteiger partial charge >= 0.3 is 0 Å². The third-order valence-electron chi connectivity index (χ3n) is 2.41. The van der Waals surface area contributed by atoms with Crippen LogP contribution in [0.2, 0.25) is 0 Å². The zero-order valence-corrected chi connectivity index (χ0v) is 8.36. The van der Waals surface area contributed by atoms with Gasteiger partial charge in [0.25, 0.3) is 5.91 Å². The highest BCUT2D eigenvalue weighted by atomic mass is 16.2. The molecule has 2 rings (SSSR count). The van der Waals surface area contributed by atoms with Gasteiger partial charge < -0.3 is 0 Å². The number of benzene rings is 1. The normalized spacial score (nSPS) is 15.1. The first-order valence-corrected chi connectivity index (χ1v) is 4.87. The van der Waals surface area contributed by atoms with Crippen LogP contribution in [0.25, 0.3) is 0 Å². The number of carbonyl (C=O) groups is 1. The number of carbonyl (C=O) groups excluding carboxylic acids is 1. The molecular formula is C12H12N2O. The predicted octanol–water partition coefficient (Wildman–Crippen LogP) is 1.66. The summed E-state index contributed by atoms with van der Waals surface area (Å²) < 4.78 is 0. The predicted molar refractivity (Wildman–Crippen MR) is 59.5 cm³/mol. The van der Waals surface area contributed by atoms with Crippen molar-refractivity contribution in [2.75, 3.05) is 0 Å². The first-order valence-electron chi connectivity index (χ1n) is 4.87. The lowest BCUT2D eigenvalue weighted by Gasteiger charge is -2.00. The Kier molecular flexibility index (Phi) is 2.63. The van der Waals surface area contributed by atoms with Gasteiger partial charge in [-0.1, -0.05) is 36.9 Å². The van der Waals surface area contributed by atoms with Crippen LogP contribution < -0.4 is 5.43 Å². The molecule has 0 atom stereocenters. The number of nitrogens with one attached hydrogen (secondary N) is 1. The molecule has 3 nitrogen and oxygen atoms in total. The van der Waals surface area contributed by atoms with Gasteiger partial charge in [0.15, 0.2) is 0 Å². The van der Waals surface area contributed by atoms with E-state index in [-0.39, 0.29) is 5.91 Å². The maximum absolute atomic E-state index is 11.1. The van der Waals surface area contributed by atoms with Crippen LogP contribution in [-0.4, -0.2) is 11.6 Å². The van der Waals surface area contributed by atoms with Crippen LogP contribution in [0.5, 0.6) is 0 Å². The second-order valence-electron chi connectivity index (χ2n) is 3.46. The first-order chi connectivity index (χ1) is 7.27. The fourth-order valence-corrected chi connectivity index (χ4v) is 1.50. The minimum Gasteiger partial charge on any atom is -0.267 e. The van der Waals surface area contributed by atoms with Crippen LogP contribution >= 0.6 is 0 Å². The van der Waals surface area contributed by atoms with Crippen LogP contribution in [0, 0.1) is 0 Å². The van der Waals surface area contributed by atoms with Gasteiger partial charge in [-0.3, -0.25) is 4.79 Å². The van der Waals surface area contributed by atoms with Gasteiger partial charge in [-0.25, -0.2) is 5.43 Å². The maximum atomic E-state index is 11.1. The van der Waals surface area contributed by atoms with Gasteiger partial charge in [0.05, 0.1) is 11.3 Å². The molecule has 0 saturated heterocycles. The zero-order chi connectivity index (χ0) is 10.7. The molecule has 0 aromatic heterocycles. The summed E-state index contributed by atoms with van der Waals surface area (Å²) in [6.45, 7) is 3.69. The Balaban J connectivity index is 1.95. The van der Waals surface area contributed by atoms with Crippen molar-refractivity contribution >= 4 is 11.6 Å². The molecule has 0 bridgehead atoms. The Bertz CT molecular complexity index is 421. The molecule has 0 spiro atoms. The van der Waals surface area contributed by atoms with E-state index < -0.39 is 0 Å². The number of aryl methyl sites for hydroxylation is 1. The van der Waals surface area contributed by atoms with E-state index in [1.807, 2.05) is 18.2 Å². The van der Waals surface area contributed by atoms with E-state index in [9.17, 15) is 4.79 Å². The molecule has 3 heteroatoms. The summed E-state index contributed by atoms with van der Waals surface area (Å²) in [6, 6.07) is 10.1. The van der Waals surface area contributed by atoms with E-state index in [1.165, 1.54) is 5.56 Å². The Morgan fingerprint density at radius 3 is 2.53 bits per heavy atom. The summed E-state index contributed by atoms with van der Waals surface area (Å²) >= 11 is 0. The van der Waals surface area contributed by atoms with Crippen molar-refractivity contribution < 1.29 is 4.79 Å². The average molecular weight is 200 g/mol. The van der Waals surface area contributed by atoms with Crippen molar-refractivity contribution in [2.24, 2.45) is 5.10 Å². The molecule has 1 aromatic carbocycles. The highest BCUT2D eigenvalue weighted by molar-refractivity contribution is 6.24. The van der Waals surface area contributed by atoms with E-state index >= 15 is 0 Å². The minimum atomic E-state index is -0.182. The van der Waals surface area contributed by atoms with Crippen molar-refractivity contribution in [3.05, 3.63) is 48.0 Å². The third kappa shape index (κ3) is 2.13. The zero-order valence-electron chi connectivity index (χ0n) is 8.36. The molecule has 76 valence electrons. The van der Waals surface area contributed by atoms with Gasteiger partial charge in [-0.05, 0) is 18.4 Å². The van der Waals surface area contributed by atoms with E-state index in [1.54, 1.807) is 0 Å². The lowest BCUT2D eigenvalue weighted by molar-refractivity contribution is -0.116. The van der Waals surface area contributed by atoms with Crippen LogP contribution in [0.1, 0.15) is 12.0 Å². The number of rotatable bonds is 3. The summed E-state index contributed by atoms with van der Waals surface area (Å²) in [4.78, 5) is 11.1. The standard InChI is InChI=1S/C12H12N2O/c1-9-11(13-14-12(9)15)8-7-10-5-3-2-4-6-10/h2-6H,1,7-8H2,(H,14,15). The van der Waals surface area contributed by atoms with E-state index in [2.05, 4.69) is 29.2 Å². The number of hydrogen-bond acceptors (Lipinski definition) is 2. The summed E-state index contributed by atoms with van der Waals surface area (Å²) in [5.41, 5.74) is 4.91. The van der Waals surface area contributed by atoms with Crippen LogP contribution in [-0.2, 0) is 11.2 Å².